The van der Waals surface area contributed by atoms with Gasteiger partial charge in [0.2, 0.25) is 12.7 Å². The number of aromatic nitrogens is 2. The maximum absolute atomic E-state index is 5.41. The molecule has 126 valence electrons. The Hall–Kier alpha value is -3.28. The lowest BCUT2D eigenvalue weighted by Gasteiger charge is -2.10. The van der Waals surface area contributed by atoms with E-state index in [2.05, 4.69) is 20.6 Å². The predicted molar refractivity (Wildman–Crippen MR) is 96.4 cm³/mol. The average Bonchev–Trinajstić information content (AvgIpc) is 3.08. The maximum atomic E-state index is 5.41. The van der Waals surface area contributed by atoms with E-state index in [0.29, 0.717) is 12.5 Å². The predicted octanol–water partition coefficient (Wildman–Crippen LogP) is 3.87. The average molecular weight is 334 g/mol. The fraction of sp³-hybridized carbons (Fsp3) is 0.158. The van der Waals surface area contributed by atoms with Crippen LogP contribution in [-0.4, -0.2) is 16.8 Å². The second-order valence-electron chi connectivity index (χ2n) is 5.75. The summed E-state index contributed by atoms with van der Waals surface area (Å²) in [4.78, 5) is 8.96. The molecular formula is C19H18N4O2. The van der Waals surface area contributed by atoms with Crippen molar-refractivity contribution in [3.63, 3.8) is 0 Å². The molecule has 1 aliphatic heterocycles. The molecule has 3 aromatic rings. The summed E-state index contributed by atoms with van der Waals surface area (Å²) in [5, 5.41) is 6.55. The molecule has 4 rings (SSSR count). The van der Waals surface area contributed by atoms with Gasteiger partial charge in [-0.15, -0.1) is 0 Å². The molecular weight excluding hydrogens is 316 g/mol. The van der Waals surface area contributed by atoms with Gasteiger partial charge in [-0.3, -0.25) is 0 Å². The number of nitrogens with one attached hydrogen (secondary N) is 2. The van der Waals surface area contributed by atoms with Gasteiger partial charge in [-0.25, -0.2) is 4.98 Å². The third kappa shape index (κ3) is 3.63. The van der Waals surface area contributed by atoms with Crippen LogP contribution in [0.2, 0.25) is 0 Å². The first kappa shape index (κ1) is 15.3. The fourth-order valence-electron chi connectivity index (χ4n) is 2.61. The molecule has 0 amide bonds. The molecule has 0 aliphatic carbocycles. The van der Waals surface area contributed by atoms with Gasteiger partial charge in [-0.05, 0) is 36.8 Å². The summed E-state index contributed by atoms with van der Waals surface area (Å²) in [6, 6.07) is 17.7. The van der Waals surface area contributed by atoms with Crippen molar-refractivity contribution in [2.45, 2.75) is 13.5 Å². The first-order chi connectivity index (χ1) is 12.3. The van der Waals surface area contributed by atoms with Crippen molar-refractivity contribution >= 4 is 17.5 Å². The van der Waals surface area contributed by atoms with Crippen LogP contribution in [0.4, 0.5) is 17.5 Å². The minimum Gasteiger partial charge on any atom is -0.454 e. The summed E-state index contributed by atoms with van der Waals surface area (Å²) < 4.78 is 10.7. The van der Waals surface area contributed by atoms with Gasteiger partial charge in [0.25, 0.3) is 0 Å². The van der Waals surface area contributed by atoms with Crippen molar-refractivity contribution in [2.24, 2.45) is 0 Å². The first-order valence-corrected chi connectivity index (χ1v) is 8.06. The van der Waals surface area contributed by atoms with Crippen LogP contribution in [0.1, 0.15) is 11.3 Å². The number of nitrogens with zero attached hydrogens (tertiary/aromatic N) is 2. The number of ether oxygens (including phenoxy) is 2. The van der Waals surface area contributed by atoms with E-state index < -0.39 is 0 Å². The third-order valence-electron chi connectivity index (χ3n) is 3.79. The Morgan fingerprint density at radius 1 is 0.960 bits per heavy atom. The van der Waals surface area contributed by atoms with Crippen LogP contribution in [-0.2, 0) is 6.54 Å². The molecule has 0 saturated carbocycles. The van der Waals surface area contributed by atoms with Gasteiger partial charge >= 0.3 is 0 Å². The van der Waals surface area contributed by atoms with Gasteiger partial charge in [0.15, 0.2) is 11.5 Å². The highest BCUT2D eigenvalue weighted by Gasteiger charge is 2.13. The van der Waals surface area contributed by atoms with Gasteiger partial charge in [0.05, 0.1) is 0 Å². The number of benzene rings is 2. The van der Waals surface area contributed by atoms with Gasteiger partial charge in [0.1, 0.15) is 5.82 Å². The molecule has 0 saturated heterocycles. The number of hydrogen-bond acceptors (Lipinski definition) is 6. The standard InChI is InChI=1S/C19H18N4O2/c1-13-9-18(23-19(21-13)22-15-5-3-2-4-6-15)20-11-14-7-8-16-17(10-14)25-12-24-16/h2-10H,11-12H2,1H3,(H2,20,21,22,23). The molecule has 25 heavy (non-hydrogen) atoms. The van der Waals surface area contributed by atoms with Crippen LogP contribution in [0.15, 0.2) is 54.6 Å². The minimum atomic E-state index is 0.284. The van der Waals surface area contributed by atoms with E-state index in [9.17, 15) is 0 Å². The summed E-state index contributed by atoms with van der Waals surface area (Å²) >= 11 is 0. The van der Waals surface area contributed by atoms with Crippen molar-refractivity contribution in [1.82, 2.24) is 9.97 Å². The molecule has 0 spiro atoms. The number of para-hydroxylation sites is 1. The zero-order chi connectivity index (χ0) is 17.1. The Labute approximate surface area is 145 Å². The van der Waals surface area contributed by atoms with E-state index in [4.69, 9.17) is 9.47 Å². The van der Waals surface area contributed by atoms with E-state index in [1.807, 2.05) is 61.5 Å². The molecule has 0 radical (unpaired) electrons. The quantitative estimate of drug-likeness (QED) is 0.738. The van der Waals surface area contributed by atoms with E-state index in [-0.39, 0.29) is 6.79 Å². The monoisotopic (exact) mass is 334 g/mol. The molecule has 0 bridgehead atoms. The lowest BCUT2D eigenvalue weighted by molar-refractivity contribution is 0.174. The highest BCUT2D eigenvalue weighted by molar-refractivity contribution is 5.55. The Kier molecular flexibility index (Phi) is 4.08. The number of hydrogen-bond donors (Lipinski definition) is 2. The normalized spacial score (nSPS) is 12.0. The molecule has 6 nitrogen and oxygen atoms in total. The Bertz CT molecular complexity index is 884. The Morgan fingerprint density at radius 3 is 2.68 bits per heavy atom. The van der Waals surface area contributed by atoms with E-state index in [0.717, 1.165) is 34.3 Å². The largest absolute Gasteiger partial charge is 0.454 e. The lowest BCUT2D eigenvalue weighted by Crippen LogP contribution is -2.05. The van der Waals surface area contributed by atoms with Crippen LogP contribution < -0.4 is 20.1 Å². The Morgan fingerprint density at radius 2 is 1.80 bits per heavy atom. The minimum absolute atomic E-state index is 0.284. The molecule has 2 heterocycles. The molecule has 6 heteroatoms. The van der Waals surface area contributed by atoms with Crippen LogP contribution in [0, 0.1) is 6.92 Å². The Balaban J connectivity index is 1.47. The summed E-state index contributed by atoms with van der Waals surface area (Å²) in [7, 11) is 0. The van der Waals surface area contributed by atoms with E-state index in [1.165, 1.54) is 0 Å². The molecule has 0 fully saturated rings. The number of anilines is 3. The van der Waals surface area contributed by atoms with Crippen LogP contribution >= 0.6 is 0 Å². The molecule has 1 aromatic heterocycles. The fourth-order valence-corrected chi connectivity index (χ4v) is 2.61. The summed E-state index contributed by atoms with van der Waals surface area (Å²) in [6.07, 6.45) is 0. The molecule has 2 aromatic carbocycles. The third-order valence-corrected chi connectivity index (χ3v) is 3.79. The number of rotatable bonds is 5. The SMILES string of the molecule is Cc1cc(NCc2ccc3c(c2)OCO3)nc(Nc2ccccc2)n1. The van der Waals surface area contributed by atoms with Crippen LogP contribution in [0.25, 0.3) is 0 Å². The van der Waals surface area contributed by atoms with E-state index >= 15 is 0 Å². The zero-order valence-electron chi connectivity index (χ0n) is 13.8. The lowest BCUT2D eigenvalue weighted by atomic mass is 10.2. The topological polar surface area (TPSA) is 68.3 Å². The van der Waals surface area contributed by atoms with E-state index in [1.54, 1.807) is 0 Å². The molecule has 2 N–H and O–H groups in total. The van der Waals surface area contributed by atoms with Crippen molar-refractivity contribution in [3.05, 3.63) is 65.9 Å². The van der Waals surface area contributed by atoms with Crippen LogP contribution in [0.3, 0.4) is 0 Å². The number of fused-ring (bicyclic) bond motifs is 1. The van der Waals surface area contributed by atoms with Crippen LogP contribution in [0.5, 0.6) is 11.5 Å². The van der Waals surface area contributed by atoms with Gasteiger partial charge < -0.3 is 20.1 Å². The first-order valence-electron chi connectivity index (χ1n) is 8.06. The second kappa shape index (κ2) is 6.68. The molecule has 1 aliphatic rings. The van der Waals surface area contributed by atoms with Gasteiger partial charge in [-0.1, -0.05) is 24.3 Å². The van der Waals surface area contributed by atoms with Gasteiger partial charge in [0, 0.05) is 24.0 Å². The highest BCUT2D eigenvalue weighted by Crippen LogP contribution is 2.32. The molecule has 0 atom stereocenters. The van der Waals surface area contributed by atoms with Gasteiger partial charge in [-0.2, -0.15) is 4.98 Å². The smallest absolute Gasteiger partial charge is 0.231 e. The van der Waals surface area contributed by atoms with Crippen molar-refractivity contribution in [2.75, 3.05) is 17.4 Å². The molecule has 0 unspecified atom stereocenters. The summed E-state index contributed by atoms with van der Waals surface area (Å²) in [5.41, 5.74) is 2.94. The highest BCUT2D eigenvalue weighted by atomic mass is 16.7. The second-order valence-corrected chi connectivity index (χ2v) is 5.75. The number of aryl methyl sites for hydroxylation is 1. The maximum Gasteiger partial charge on any atom is 0.231 e. The summed E-state index contributed by atoms with van der Waals surface area (Å²) in [6.45, 7) is 2.87. The summed E-state index contributed by atoms with van der Waals surface area (Å²) in [5.74, 6) is 2.91. The van der Waals surface area contributed by atoms with Crippen molar-refractivity contribution in [3.8, 4) is 11.5 Å². The van der Waals surface area contributed by atoms with Crippen molar-refractivity contribution in [1.29, 1.82) is 0 Å². The zero-order valence-corrected chi connectivity index (χ0v) is 13.8. The van der Waals surface area contributed by atoms with Crippen molar-refractivity contribution < 1.29 is 9.47 Å².